The normalized spacial score (nSPS) is 42.8. The second-order valence-corrected chi connectivity index (χ2v) is 26.6. The molecule has 0 aromatic heterocycles. The first kappa shape index (κ1) is 50.7. The number of aliphatic hydroxyl groups excluding tert-OH is 3. The van der Waals surface area contributed by atoms with Gasteiger partial charge in [0.2, 0.25) is 0 Å². The first-order valence-electron chi connectivity index (χ1n) is 28.0. The third-order valence-electron chi connectivity index (χ3n) is 22.2. The molecule has 0 saturated heterocycles. The lowest BCUT2D eigenvalue weighted by atomic mass is 9.47. The lowest BCUT2D eigenvalue weighted by Crippen LogP contribution is -2.52. The van der Waals surface area contributed by atoms with E-state index in [9.17, 15) is 24.9 Å². The van der Waals surface area contributed by atoms with Crippen molar-refractivity contribution >= 4 is 11.9 Å². The predicted molar refractivity (Wildman–Crippen MR) is 264 cm³/mol. The van der Waals surface area contributed by atoms with Gasteiger partial charge in [-0.05, 0) is 183 Å². The molecule has 0 spiro atoms. The number of allylic oxidation sites excluding steroid dienone is 2. The van der Waals surface area contributed by atoms with Gasteiger partial charge >= 0.3 is 11.9 Å². The van der Waals surface area contributed by atoms with Gasteiger partial charge in [0, 0.05) is 12.8 Å². The summed E-state index contributed by atoms with van der Waals surface area (Å²) in [5.74, 6) is 7.05. The molecule has 0 aliphatic heterocycles. The maximum absolute atomic E-state index is 13.4. The fraction of sp³-hybridized carbons (Fsp3) is 0.898. The maximum Gasteiger partial charge on any atom is 0.338 e. The largest absolute Gasteiger partial charge is 0.460 e. The minimum absolute atomic E-state index is 0.0841. The van der Waals surface area contributed by atoms with Crippen molar-refractivity contribution in [2.24, 2.45) is 92.7 Å². The Morgan fingerprint density at radius 2 is 0.939 bits per heavy atom. The summed E-state index contributed by atoms with van der Waals surface area (Å²) in [4.78, 5) is 26.7. The first-order chi connectivity index (χ1) is 31.2. The molecule has 8 rings (SSSR count). The molecule has 0 bridgehead atoms. The third-order valence-corrected chi connectivity index (χ3v) is 22.2. The van der Waals surface area contributed by atoms with Crippen LogP contribution in [0.1, 0.15) is 210 Å². The highest BCUT2D eigenvalue weighted by atomic mass is 16.6. The van der Waals surface area contributed by atoms with Crippen LogP contribution in [0.5, 0.6) is 0 Å². The van der Waals surface area contributed by atoms with Crippen LogP contribution in [0, 0.1) is 92.7 Å². The van der Waals surface area contributed by atoms with E-state index >= 15 is 0 Å². The van der Waals surface area contributed by atoms with E-state index < -0.39 is 42.5 Å². The molecule has 18 atom stereocenters. The molecule has 7 heteroatoms. The SMILES string of the molecule is CC(C)CCCC(C)C1CCC2C3CC=C4CC(OC(=O)C(O)C(O)C(O)C(=O)OC5CCC6(C)C(=CCC7C6CCC6(C)C(C(C)CCCC(C)C)CCC76)C5)CCC4(C)C3CCC12C. The average Bonchev–Trinajstić information content (AvgIpc) is 3.82. The van der Waals surface area contributed by atoms with Crippen LogP contribution in [0.15, 0.2) is 23.3 Å². The van der Waals surface area contributed by atoms with Gasteiger partial charge in [0.25, 0.3) is 0 Å². The second-order valence-electron chi connectivity index (χ2n) is 26.6. The van der Waals surface area contributed by atoms with Crippen molar-refractivity contribution < 1.29 is 34.4 Å². The number of aliphatic hydroxyl groups is 3. The summed E-state index contributed by atoms with van der Waals surface area (Å²) in [7, 11) is 0. The summed E-state index contributed by atoms with van der Waals surface area (Å²) < 4.78 is 11.8. The van der Waals surface area contributed by atoms with Crippen LogP contribution in [0.3, 0.4) is 0 Å². The summed E-state index contributed by atoms with van der Waals surface area (Å²) in [5, 5.41) is 33.0. The van der Waals surface area contributed by atoms with Crippen LogP contribution in [0.25, 0.3) is 0 Å². The summed E-state index contributed by atoms with van der Waals surface area (Å²) in [6, 6.07) is 0. The molecule has 0 amide bonds. The fourth-order valence-corrected chi connectivity index (χ4v) is 18.4. The number of fused-ring (bicyclic) bond motifs is 10. The molecular weight excluding hydrogens is 821 g/mol. The van der Waals surface area contributed by atoms with Crippen molar-refractivity contribution in [2.75, 3.05) is 0 Å². The van der Waals surface area contributed by atoms with Gasteiger partial charge in [-0.3, -0.25) is 0 Å². The van der Waals surface area contributed by atoms with Crippen LogP contribution >= 0.6 is 0 Å². The zero-order valence-electron chi connectivity index (χ0n) is 43.5. The van der Waals surface area contributed by atoms with Gasteiger partial charge in [0.05, 0.1) is 0 Å². The van der Waals surface area contributed by atoms with Gasteiger partial charge in [-0.15, -0.1) is 0 Å². The van der Waals surface area contributed by atoms with E-state index in [2.05, 4.69) is 81.4 Å². The van der Waals surface area contributed by atoms with Crippen LogP contribution in [-0.4, -0.2) is 57.8 Å². The number of rotatable bonds is 16. The molecule has 374 valence electrons. The zero-order valence-corrected chi connectivity index (χ0v) is 43.5. The minimum atomic E-state index is -2.05. The number of esters is 2. The molecular formula is C59H96O7. The van der Waals surface area contributed by atoms with Gasteiger partial charge < -0.3 is 24.8 Å². The van der Waals surface area contributed by atoms with E-state index in [4.69, 9.17) is 9.47 Å². The van der Waals surface area contributed by atoms with E-state index in [0.29, 0.717) is 60.2 Å². The first-order valence-corrected chi connectivity index (χ1v) is 28.0. The lowest BCUT2D eigenvalue weighted by molar-refractivity contribution is -0.182. The number of hydrogen-bond donors (Lipinski definition) is 3. The minimum Gasteiger partial charge on any atom is -0.460 e. The summed E-state index contributed by atoms with van der Waals surface area (Å²) in [6.07, 6.45) is 23.4. The summed E-state index contributed by atoms with van der Waals surface area (Å²) >= 11 is 0. The molecule has 0 aromatic carbocycles. The standard InChI is InChI=1S/C59H96O7/c1-35(2)13-11-15-37(5)45-21-23-47-43-19-17-39-33-41(25-29-56(39,7)49(43)27-31-58(45,47)9)65-54(63)52(61)51(60)53(62)55(64)66-42-26-30-57(8)40(34-42)18-20-44-48-24-22-46(38(6)16-12-14-36(3)4)59(48,10)32-28-50(44)57/h17-18,35-38,41-53,60-62H,11-16,19-34H2,1-10H3. The summed E-state index contributed by atoms with van der Waals surface area (Å²) in [6.45, 7) is 24.6. The molecule has 66 heavy (non-hydrogen) atoms. The maximum atomic E-state index is 13.4. The van der Waals surface area contributed by atoms with Gasteiger partial charge in [0.15, 0.2) is 12.2 Å². The Bertz CT molecular complexity index is 1660. The highest BCUT2D eigenvalue weighted by Gasteiger charge is 2.61. The van der Waals surface area contributed by atoms with Crippen molar-refractivity contribution in [1.82, 2.24) is 0 Å². The molecule has 8 aliphatic carbocycles. The molecule has 3 N–H and O–H groups in total. The third kappa shape index (κ3) is 9.34. The lowest BCUT2D eigenvalue weighted by Gasteiger charge is -2.58. The quantitative estimate of drug-likeness (QED) is 0.104. The molecule has 7 nitrogen and oxygen atoms in total. The molecule has 0 aromatic rings. The average molecular weight is 917 g/mol. The van der Waals surface area contributed by atoms with Crippen molar-refractivity contribution in [3.05, 3.63) is 23.3 Å². The monoisotopic (exact) mass is 917 g/mol. The molecule has 0 heterocycles. The second kappa shape index (κ2) is 19.8. The molecule has 6 saturated carbocycles. The van der Waals surface area contributed by atoms with E-state index in [1.54, 1.807) is 0 Å². The van der Waals surface area contributed by atoms with E-state index in [1.807, 2.05) is 0 Å². The van der Waals surface area contributed by atoms with Crippen LogP contribution in [0.2, 0.25) is 0 Å². The molecule has 6 fully saturated rings. The Morgan fingerprint density at radius 1 is 0.545 bits per heavy atom. The van der Waals surface area contributed by atoms with Crippen LogP contribution in [-0.2, 0) is 19.1 Å². The summed E-state index contributed by atoms with van der Waals surface area (Å²) in [5.41, 5.74) is 3.79. The number of carbonyl (C=O) groups is 2. The number of carbonyl (C=O) groups excluding carboxylic acids is 2. The van der Waals surface area contributed by atoms with Crippen molar-refractivity contribution in [3.8, 4) is 0 Å². The Hall–Kier alpha value is -1.70. The Kier molecular flexibility index (Phi) is 15.2. The Balaban J connectivity index is 0.812. The van der Waals surface area contributed by atoms with Gasteiger partial charge in [-0.2, -0.15) is 0 Å². The smallest absolute Gasteiger partial charge is 0.338 e. The fourth-order valence-electron chi connectivity index (χ4n) is 18.4. The van der Waals surface area contributed by atoms with E-state index in [0.717, 1.165) is 73.0 Å². The van der Waals surface area contributed by atoms with E-state index in [-0.39, 0.29) is 10.8 Å². The molecule has 8 aliphatic rings. The highest BCUT2D eigenvalue weighted by Crippen LogP contribution is 2.69. The number of ether oxygens (including phenoxy) is 2. The molecule has 0 radical (unpaired) electrons. The highest BCUT2D eigenvalue weighted by molar-refractivity contribution is 5.80. The zero-order chi connectivity index (χ0) is 47.5. The van der Waals surface area contributed by atoms with Crippen LogP contribution in [0.4, 0.5) is 0 Å². The Labute approximate surface area is 401 Å². The Morgan fingerprint density at radius 3 is 1.32 bits per heavy atom. The molecule has 18 unspecified atom stereocenters. The van der Waals surface area contributed by atoms with Crippen molar-refractivity contribution in [2.45, 2.75) is 241 Å². The topological polar surface area (TPSA) is 113 Å². The van der Waals surface area contributed by atoms with Gasteiger partial charge in [0.1, 0.15) is 18.3 Å². The van der Waals surface area contributed by atoms with Crippen molar-refractivity contribution in [3.63, 3.8) is 0 Å². The predicted octanol–water partition coefficient (Wildman–Crippen LogP) is 13.0. The van der Waals surface area contributed by atoms with Crippen molar-refractivity contribution in [1.29, 1.82) is 0 Å². The van der Waals surface area contributed by atoms with Gasteiger partial charge in [-0.1, -0.05) is 131 Å². The number of hydrogen-bond acceptors (Lipinski definition) is 7. The van der Waals surface area contributed by atoms with Crippen LogP contribution < -0.4 is 0 Å². The van der Waals surface area contributed by atoms with E-state index in [1.165, 1.54) is 101 Å². The van der Waals surface area contributed by atoms with Gasteiger partial charge in [-0.25, -0.2) is 9.59 Å².